The van der Waals surface area contributed by atoms with Crippen molar-refractivity contribution in [3.63, 3.8) is 0 Å². The number of nitrogens with zero attached hydrogens (tertiary/aromatic N) is 5. The van der Waals surface area contributed by atoms with Gasteiger partial charge < -0.3 is 9.47 Å². The van der Waals surface area contributed by atoms with E-state index < -0.39 is 0 Å². The Bertz CT molecular complexity index is 1290. The van der Waals surface area contributed by atoms with Crippen LogP contribution < -0.4 is 4.90 Å². The minimum atomic E-state index is 0.639. The van der Waals surface area contributed by atoms with Gasteiger partial charge in [0.1, 0.15) is 5.82 Å². The van der Waals surface area contributed by atoms with Crippen molar-refractivity contribution in [2.75, 3.05) is 18.0 Å². The molecule has 0 spiro atoms. The van der Waals surface area contributed by atoms with E-state index in [-0.39, 0.29) is 0 Å². The SMILES string of the molecule is Cn1c(-c2cncc(-c3cccc(C#N)c3)c2N2CCCC2)nc2cccc(Cl)c21. The van der Waals surface area contributed by atoms with Crippen LogP contribution in [0.15, 0.2) is 54.9 Å². The molecule has 0 amide bonds. The molecular weight excluding hydrogens is 394 g/mol. The molecule has 0 saturated carbocycles. The first-order chi connectivity index (χ1) is 14.7. The molecule has 30 heavy (non-hydrogen) atoms. The first-order valence-corrected chi connectivity index (χ1v) is 10.4. The van der Waals surface area contributed by atoms with Crippen molar-refractivity contribution in [3.8, 4) is 28.6 Å². The van der Waals surface area contributed by atoms with Gasteiger partial charge in [-0.3, -0.25) is 4.98 Å². The molecule has 1 fully saturated rings. The van der Waals surface area contributed by atoms with Crippen molar-refractivity contribution in [3.05, 3.63) is 65.4 Å². The lowest BCUT2D eigenvalue weighted by molar-refractivity contribution is 0.939. The Kier molecular flexibility index (Phi) is 4.65. The van der Waals surface area contributed by atoms with Crippen LogP contribution in [0.1, 0.15) is 18.4 Å². The minimum absolute atomic E-state index is 0.639. The smallest absolute Gasteiger partial charge is 0.144 e. The van der Waals surface area contributed by atoms with Crippen LogP contribution >= 0.6 is 11.6 Å². The largest absolute Gasteiger partial charge is 0.370 e. The molecule has 5 rings (SSSR count). The number of nitriles is 1. The average molecular weight is 414 g/mol. The number of benzene rings is 2. The molecule has 0 N–H and O–H groups in total. The molecular formula is C24H20ClN5. The Balaban J connectivity index is 1.78. The summed E-state index contributed by atoms with van der Waals surface area (Å²) in [6, 6.07) is 15.7. The average Bonchev–Trinajstić information content (AvgIpc) is 3.42. The van der Waals surface area contributed by atoms with E-state index >= 15 is 0 Å². The zero-order chi connectivity index (χ0) is 20.7. The van der Waals surface area contributed by atoms with E-state index in [1.165, 1.54) is 0 Å². The van der Waals surface area contributed by atoms with Crippen LogP contribution in [-0.4, -0.2) is 27.6 Å². The summed E-state index contributed by atoms with van der Waals surface area (Å²) in [4.78, 5) is 11.9. The van der Waals surface area contributed by atoms with Gasteiger partial charge in [0.2, 0.25) is 0 Å². The highest BCUT2D eigenvalue weighted by Gasteiger charge is 2.24. The van der Waals surface area contributed by atoms with Crippen LogP contribution in [0.2, 0.25) is 5.02 Å². The topological polar surface area (TPSA) is 57.7 Å². The lowest BCUT2D eigenvalue weighted by Gasteiger charge is -2.24. The molecule has 2 aromatic heterocycles. The lowest BCUT2D eigenvalue weighted by atomic mass is 10.00. The van der Waals surface area contributed by atoms with E-state index in [4.69, 9.17) is 16.6 Å². The molecule has 6 heteroatoms. The van der Waals surface area contributed by atoms with Crippen molar-refractivity contribution < 1.29 is 0 Å². The summed E-state index contributed by atoms with van der Waals surface area (Å²) in [6.45, 7) is 1.99. The monoisotopic (exact) mass is 413 g/mol. The van der Waals surface area contributed by atoms with Gasteiger partial charge in [-0.1, -0.05) is 29.8 Å². The minimum Gasteiger partial charge on any atom is -0.370 e. The number of anilines is 1. The van der Waals surface area contributed by atoms with E-state index in [2.05, 4.69) is 16.0 Å². The van der Waals surface area contributed by atoms with Crippen molar-refractivity contribution in [1.82, 2.24) is 14.5 Å². The van der Waals surface area contributed by atoms with Crippen molar-refractivity contribution in [2.24, 2.45) is 7.05 Å². The summed E-state index contributed by atoms with van der Waals surface area (Å²) in [5.41, 5.74) is 6.52. The summed E-state index contributed by atoms with van der Waals surface area (Å²) >= 11 is 6.47. The molecule has 1 aliphatic rings. The maximum Gasteiger partial charge on any atom is 0.144 e. The molecule has 0 atom stereocenters. The predicted octanol–water partition coefficient (Wildman–Crippen LogP) is 5.43. The Morgan fingerprint density at radius 1 is 1.03 bits per heavy atom. The number of para-hydroxylation sites is 1. The third-order valence-corrected chi connectivity index (χ3v) is 6.03. The number of imidazole rings is 1. The second-order valence-corrected chi connectivity index (χ2v) is 7.98. The fraction of sp³-hybridized carbons (Fsp3) is 0.208. The number of hydrogen-bond donors (Lipinski definition) is 0. The van der Waals surface area contributed by atoms with Crippen LogP contribution in [0, 0.1) is 11.3 Å². The maximum atomic E-state index is 9.36. The lowest BCUT2D eigenvalue weighted by Crippen LogP contribution is -2.20. The van der Waals surface area contributed by atoms with E-state index in [0.717, 1.165) is 65.2 Å². The summed E-state index contributed by atoms with van der Waals surface area (Å²) in [5.74, 6) is 0.839. The van der Waals surface area contributed by atoms with Gasteiger partial charge in [-0.15, -0.1) is 0 Å². The molecule has 0 radical (unpaired) electrons. The number of aryl methyl sites for hydroxylation is 1. The van der Waals surface area contributed by atoms with Gasteiger partial charge >= 0.3 is 0 Å². The third kappa shape index (κ3) is 3.01. The molecule has 0 aliphatic carbocycles. The second-order valence-electron chi connectivity index (χ2n) is 7.57. The Hall–Kier alpha value is -3.36. The fourth-order valence-corrected chi connectivity index (χ4v) is 4.62. The van der Waals surface area contributed by atoms with E-state index in [9.17, 15) is 5.26 Å². The highest BCUT2D eigenvalue weighted by atomic mass is 35.5. The fourth-order valence-electron chi connectivity index (χ4n) is 4.33. The van der Waals surface area contributed by atoms with Gasteiger partial charge in [0.05, 0.1) is 38.9 Å². The molecule has 0 unspecified atom stereocenters. The number of fused-ring (bicyclic) bond motifs is 1. The van der Waals surface area contributed by atoms with Gasteiger partial charge in [0.25, 0.3) is 0 Å². The summed E-state index contributed by atoms with van der Waals surface area (Å²) < 4.78 is 2.05. The van der Waals surface area contributed by atoms with Crippen molar-refractivity contribution in [1.29, 1.82) is 5.26 Å². The molecule has 148 valence electrons. The third-order valence-electron chi connectivity index (χ3n) is 5.73. The molecule has 2 aromatic carbocycles. The highest BCUT2D eigenvalue weighted by Crippen LogP contribution is 2.41. The first kappa shape index (κ1) is 18.7. The number of rotatable bonds is 3. The molecule has 4 aromatic rings. The molecule has 1 aliphatic heterocycles. The zero-order valence-electron chi connectivity index (χ0n) is 16.6. The first-order valence-electron chi connectivity index (χ1n) is 10.0. The summed E-state index contributed by atoms with van der Waals surface area (Å²) in [6.07, 6.45) is 6.10. The molecule has 0 bridgehead atoms. The van der Waals surface area contributed by atoms with Crippen molar-refractivity contribution in [2.45, 2.75) is 12.8 Å². The van der Waals surface area contributed by atoms with Crippen LogP contribution in [0.4, 0.5) is 5.69 Å². The second kappa shape index (κ2) is 7.47. The predicted molar refractivity (Wildman–Crippen MR) is 121 cm³/mol. The molecule has 1 saturated heterocycles. The Labute approximate surface area is 180 Å². The molecule has 5 nitrogen and oxygen atoms in total. The van der Waals surface area contributed by atoms with Gasteiger partial charge in [-0.25, -0.2) is 4.98 Å². The van der Waals surface area contributed by atoms with Crippen LogP contribution in [0.3, 0.4) is 0 Å². The van der Waals surface area contributed by atoms with Crippen LogP contribution in [-0.2, 0) is 7.05 Å². The van der Waals surface area contributed by atoms with Crippen LogP contribution in [0.5, 0.6) is 0 Å². The van der Waals surface area contributed by atoms with Crippen molar-refractivity contribution >= 4 is 28.3 Å². The quantitative estimate of drug-likeness (QED) is 0.449. The highest BCUT2D eigenvalue weighted by molar-refractivity contribution is 6.35. The normalized spacial score (nSPS) is 13.7. The van der Waals surface area contributed by atoms with E-state index in [1.807, 2.05) is 66.5 Å². The Morgan fingerprint density at radius 3 is 2.57 bits per heavy atom. The molecule has 3 heterocycles. The van der Waals surface area contributed by atoms with E-state index in [0.29, 0.717) is 10.6 Å². The number of pyridine rings is 1. The summed E-state index contributed by atoms with van der Waals surface area (Å²) in [7, 11) is 1.99. The Morgan fingerprint density at radius 2 is 1.80 bits per heavy atom. The van der Waals surface area contributed by atoms with Crippen LogP contribution in [0.25, 0.3) is 33.5 Å². The van der Waals surface area contributed by atoms with Gasteiger partial charge in [0, 0.05) is 38.1 Å². The number of halogens is 1. The van der Waals surface area contributed by atoms with Gasteiger partial charge in [-0.2, -0.15) is 5.26 Å². The van der Waals surface area contributed by atoms with Gasteiger partial charge in [-0.05, 0) is 42.7 Å². The maximum absolute atomic E-state index is 9.36. The van der Waals surface area contributed by atoms with E-state index in [1.54, 1.807) is 0 Å². The zero-order valence-corrected chi connectivity index (χ0v) is 17.4. The number of hydrogen-bond acceptors (Lipinski definition) is 4. The summed E-state index contributed by atoms with van der Waals surface area (Å²) in [5, 5.41) is 10.0. The number of aromatic nitrogens is 3. The standard InChI is InChI=1S/C24H20ClN5/c1-29-23-20(25)8-5-9-21(23)28-24(29)19-15-27-14-18(22(19)30-10-2-3-11-30)17-7-4-6-16(12-17)13-26/h4-9,12,14-15H,2-3,10-11H2,1H3. The van der Waals surface area contributed by atoms with Gasteiger partial charge in [0.15, 0.2) is 0 Å².